The Bertz CT molecular complexity index is 995. The fourth-order valence-corrected chi connectivity index (χ4v) is 3.66. The number of aromatic nitrogens is 4. The Morgan fingerprint density at radius 3 is 0.862 bits per heavy atom. The van der Waals surface area contributed by atoms with Crippen LogP contribution < -0.4 is 18.9 Å². The summed E-state index contributed by atoms with van der Waals surface area (Å²) < 4.78 is 2.25. The Kier molecular flexibility index (Phi) is 4.44. The van der Waals surface area contributed by atoms with Gasteiger partial charge in [0.15, 0.2) is 24.8 Å². The second kappa shape index (κ2) is 7.08. The molecule has 8 nitrogen and oxygen atoms in total. The summed E-state index contributed by atoms with van der Waals surface area (Å²) in [7, 11) is 0. The molecule has 0 N–H and O–H groups in total. The van der Waals surface area contributed by atoms with Crippen LogP contribution in [0.15, 0.2) is 97.6 Å². The molecule has 0 spiro atoms. The molecule has 4 aromatic rings. The zero-order valence-corrected chi connectivity index (χ0v) is 15.2. The molecule has 0 radical (unpaired) electrons. The van der Waals surface area contributed by atoms with E-state index in [-0.39, 0.29) is 22.8 Å². The zero-order chi connectivity index (χ0) is 20.4. The average molecular weight is 388 g/mol. The Morgan fingerprint density at radius 1 is 0.414 bits per heavy atom. The van der Waals surface area contributed by atoms with Gasteiger partial charge in [0.1, 0.15) is 0 Å². The summed E-state index contributed by atoms with van der Waals surface area (Å²) in [5.41, 5.74) is -1.59. The van der Waals surface area contributed by atoms with Crippen LogP contribution in [0.4, 0.5) is 0 Å². The maximum absolute atomic E-state index is 12.9. The van der Waals surface area contributed by atoms with Gasteiger partial charge in [0.25, 0.3) is 0 Å². The Balaban J connectivity index is 2.28. The maximum Gasteiger partial charge on any atom is 0.309 e. The van der Waals surface area contributed by atoms with Crippen LogP contribution in [-0.4, -0.2) is 0 Å². The van der Waals surface area contributed by atoms with E-state index in [1.165, 1.54) is 73.3 Å². The van der Waals surface area contributed by atoms with Gasteiger partial charge in [-0.25, -0.2) is 0 Å². The largest absolute Gasteiger partial charge is 0.618 e. The first-order chi connectivity index (χ1) is 14.1. The summed E-state index contributed by atoms with van der Waals surface area (Å²) in [5, 5.41) is 51.6. The van der Waals surface area contributed by atoms with Gasteiger partial charge in [-0.3, -0.25) is 0 Å². The molecule has 4 aromatic heterocycles. The van der Waals surface area contributed by atoms with Gasteiger partial charge in [-0.2, -0.15) is 18.9 Å². The van der Waals surface area contributed by atoms with Gasteiger partial charge in [0, 0.05) is 48.5 Å². The molecule has 0 aliphatic rings. The highest BCUT2D eigenvalue weighted by Crippen LogP contribution is 2.39. The van der Waals surface area contributed by atoms with Gasteiger partial charge in [-0.1, -0.05) is 0 Å². The number of rotatable bonds is 4. The molecule has 4 heterocycles. The standard InChI is InChI=1S/C21H16N4O4/c26-22-13-5-1-9-17(22)21(18-10-2-6-14-23(18)27,19-11-3-7-15-24(19)28)20-12-4-8-16-25(20)29/h1-16H. The highest BCUT2D eigenvalue weighted by atomic mass is 16.5. The van der Waals surface area contributed by atoms with Crippen molar-refractivity contribution in [1.29, 1.82) is 0 Å². The van der Waals surface area contributed by atoms with E-state index < -0.39 is 5.41 Å². The van der Waals surface area contributed by atoms with E-state index in [0.29, 0.717) is 18.9 Å². The maximum atomic E-state index is 12.9. The first-order valence-corrected chi connectivity index (χ1v) is 8.81. The third kappa shape index (κ3) is 2.78. The van der Waals surface area contributed by atoms with E-state index in [0.717, 1.165) is 0 Å². The normalized spacial score (nSPS) is 11.3. The first kappa shape index (κ1) is 18.2. The van der Waals surface area contributed by atoms with Gasteiger partial charge < -0.3 is 20.8 Å². The Morgan fingerprint density at radius 2 is 0.655 bits per heavy atom. The highest BCUT2D eigenvalue weighted by molar-refractivity contribution is 5.46. The molecule has 0 aliphatic carbocycles. The smallest absolute Gasteiger partial charge is 0.309 e. The molecule has 0 fully saturated rings. The van der Waals surface area contributed by atoms with Crippen LogP contribution >= 0.6 is 0 Å². The molecule has 144 valence electrons. The van der Waals surface area contributed by atoms with Crippen molar-refractivity contribution in [3.8, 4) is 0 Å². The first-order valence-electron chi connectivity index (χ1n) is 8.81. The lowest BCUT2D eigenvalue weighted by molar-refractivity contribution is -0.663. The van der Waals surface area contributed by atoms with Crippen LogP contribution in [0.3, 0.4) is 0 Å². The van der Waals surface area contributed by atoms with Crippen molar-refractivity contribution < 1.29 is 18.9 Å². The molecular formula is C21H16N4O4. The van der Waals surface area contributed by atoms with Crippen molar-refractivity contribution in [1.82, 2.24) is 0 Å². The molecule has 0 aromatic carbocycles. The summed E-state index contributed by atoms with van der Waals surface area (Å²) in [6.45, 7) is 0. The van der Waals surface area contributed by atoms with Crippen molar-refractivity contribution >= 4 is 0 Å². The summed E-state index contributed by atoms with van der Waals surface area (Å²) in [6, 6.07) is 18.6. The van der Waals surface area contributed by atoms with Gasteiger partial charge in [0.2, 0.25) is 22.8 Å². The monoisotopic (exact) mass is 388 g/mol. The third-order valence-corrected chi connectivity index (χ3v) is 4.83. The molecule has 0 atom stereocenters. The van der Waals surface area contributed by atoms with Crippen molar-refractivity contribution in [3.05, 3.63) is 141 Å². The summed E-state index contributed by atoms with van der Waals surface area (Å²) >= 11 is 0. The summed E-state index contributed by atoms with van der Waals surface area (Å²) in [6.07, 6.45) is 5.05. The summed E-state index contributed by atoms with van der Waals surface area (Å²) in [4.78, 5) is 0. The van der Waals surface area contributed by atoms with Crippen molar-refractivity contribution in [2.75, 3.05) is 0 Å². The van der Waals surface area contributed by atoms with E-state index in [2.05, 4.69) is 0 Å². The fraction of sp³-hybridized carbons (Fsp3) is 0.0476. The summed E-state index contributed by atoms with van der Waals surface area (Å²) in [5.74, 6) is 0. The van der Waals surface area contributed by atoms with Crippen LogP contribution in [0.1, 0.15) is 22.8 Å². The van der Waals surface area contributed by atoms with Gasteiger partial charge in [0.05, 0.1) is 0 Å². The molecule has 8 heteroatoms. The zero-order valence-electron chi connectivity index (χ0n) is 15.2. The lowest BCUT2D eigenvalue weighted by Crippen LogP contribution is -2.58. The molecule has 0 aliphatic heterocycles. The van der Waals surface area contributed by atoms with E-state index >= 15 is 0 Å². The SMILES string of the molecule is [O-][n+]1ccccc1C(c1cccc[n+]1[O-])(c1cccc[n+]1[O-])c1cccc[n+]1[O-]. The average Bonchev–Trinajstić information content (AvgIpc) is 2.73. The van der Waals surface area contributed by atoms with Gasteiger partial charge >= 0.3 is 5.41 Å². The van der Waals surface area contributed by atoms with E-state index in [1.807, 2.05) is 0 Å². The number of pyridine rings is 4. The number of hydrogen-bond donors (Lipinski definition) is 0. The Hall–Kier alpha value is -4.20. The van der Waals surface area contributed by atoms with E-state index in [9.17, 15) is 20.8 Å². The molecular weight excluding hydrogens is 372 g/mol. The van der Waals surface area contributed by atoms with Crippen LogP contribution in [0.2, 0.25) is 0 Å². The van der Waals surface area contributed by atoms with Crippen molar-refractivity contribution in [2.45, 2.75) is 5.41 Å². The molecule has 0 amide bonds. The molecule has 0 saturated carbocycles. The second-order valence-corrected chi connectivity index (χ2v) is 6.40. The van der Waals surface area contributed by atoms with Crippen LogP contribution in [0.5, 0.6) is 0 Å². The van der Waals surface area contributed by atoms with Gasteiger partial charge in [-0.15, -0.1) is 0 Å². The van der Waals surface area contributed by atoms with Crippen LogP contribution in [-0.2, 0) is 5.41 Å². The van der Waals surface area contributed by atoms with Crippen molar-refractivity contribution in [3.63, 3.8) is 0 Å². The minimum Gasteiger partial charge on any atom is -0.618 e. The topological polar surface area (TPSA) is 108 Å². The molecule has 0 unspecified atom stereocenters. The quantitative estimate of drug-likeness (QED) is 0.377. The van der Waals surface area contributed by atoms with Crippen LogP contribution in [0, 0.1) is 20.8 Å². The number of nitrogens with zero attached hydrogens (tertiary/aromatic N) is 4. The predicted octanol–water partition coefficient (Wildman–Crippen LogP) is 0.603. The molecule has 0 bridgehead atoms. The molecule has 4 rings (SSSR count). The van der Waals surface area contributed by atoms with Gasteiger partial charge in [-0.05, 0) is 24.3 Å². The fourth-order valence-electron chi connectivity index (χ4n) is 3.66. The minimum atomic E-state index is -1.77. The molecule has 29 heavy (non-hydrogen) atoms. The van der Waals surface area contributed by atoms with E-state index in [4.69, 9.17) is 0 Å². The highest BCUT2D eigenvalue weighted by Gasteiger charge is 2.60. The van der Waals surface area contributed by atoms with Crippen molar-refractivity contribution in [2.24, 2.45) is 0 Å². The Labute approximate surface area is 166 Å². The predicted molar refractivity (Wildman–Crippen MR) is 101 cm³/mol. The lowest BCUT2D eigenvalue weighted by Gasteiger charge is -2.27. The third-order valence-electron chi connectivity index (χ3n) is 4.83. The van der Waals surface area contributed by atoms with E-state index in [1.54, 1.807) is 24.3 Å². The number of hydrogen-bond acceptors (Lipinski definition) is 4. The lowest BCUT2D eigenvalue weighted by atomic mass is 9.73. The minimum absolute atomic E-state index is 0.0439. The molecule has 0 saturated heterocycles. The van der Waals surface area contributed by atoms with Crippen LogP contribution in [0.25, 0.3) is 0 Å². The second-order valence-electron chi connectivity index (χ2n) is 6.40.